The minimum absolute atomic E-state index is 0.170. The van der Waals surface area contributed by atoms with Crippen molar-refractivity contribution in [1.29, 1.82) is 0 Å². The Balaban J connectivity index is 1.90. The molecule has 144 valence electrons. The largest absolute Gasteiger partial charge is 0.366 e. The number of amides is 1. The van der Waals surface area contributed by atoms with Crippen molar-refractivity contribution in [2.45, 2.75) is 5.72 Å². The van der Waals surface area contributed by atoms with E-state index in [1.165, 1.54) is 9.21 Å². The number of hydrogen-bond donors (Lipinski definition) is 1. The molecule has 2 aliphatic heterocycles. The number of nitrogens with zero attached hydrogens (tertiary/aromatic N) is 3. The number of benzene rings is 2. The van der Waals surface area contributed by atoms with Gasteiger partial charge in [-0.2, -0.15) is 4.31 Å². The van der Waals surface area contributed by atoms with E-state index in [0.717, 1.165) is 17.0 Å². The Labute approximate surface area is 158 Å². The van der Waals surface area contributed by atoms with Gasteiger partial charge >= 0.3 is 0 Å². The number of hydrogen-bond acceptors (Lipinski definition) is 5. The molecule has 1 atom stereocenters. The topological polar surface area (TPSA) is 81.2 Å². The van der Waals surface area contributed by atoms with E-state index >= 15 is 0 Å². The summed E-state index contributed by atoms with van der Waals surface area (Å²) in [5, 5.41) is 13.4. The fourth-order valence-corrected chi connectivity index (χ4v) is 4.76. The van der Waals surface area contributed by atoms with E-state index in [-0.39, 0.29) is 19.0 Å². The van der Waals surface area contributed by atoms with Crippen LogP contribution in [0.15, 0.2) is 36.4 Å². The molecule has 0 radical (unpaired) electrons. The molecule has 1 fully saturated rings. The van der Waals surface area contributed by atoms with Crippen molar-refractivity contribution in [3.05, 3.63) is 47.5 Å². The molecule has 0 saturated carbocycles. The Morgan fingerprint density at radius 2 is 1.67 bits per heavy atom. The van der Waals surface area contributed by atoms with Crippen LogP contribution in [0.25, 0.3) is 10.8 Å². The van der Waals surface area contributed by atoms with E-state index in [4.69, 9.17) is 0 Å². The van der Waals surface area contributed by atoms with Gasteiger partial charge in [0.2, 0.25) is 10.0 Å². The lowest BCUT2D eigenvalue weighted by Crippen LogP contribution is -2.53. The molecule has 1 saturated heterocycles. The van der Waals surface area contributed by atoms with E-state index in [1.807, 2.05) is 42.3 Å². The Kier molecular flexibility index (Phi) is 4.27. The number of likely N-dealkylation sites (N-methyl/N-ethyl adjacent to an activating group) is 1. The lowest BCUT2D eigenvalue weighted by Gasteiger charge is -2.36. The van der Waals surface area contributed by atoms with Crippen LogP contribution in [0.2, 0.25) is 0 Å². The summed E-state index contributed by atoms with van der Waals surface area (Å²) in [6.07, 6.45) is 1.14. The van der Waals surface area contributed by atoms with Gasteiger partial charge in [-0.05, 0) is 30.0 Å². The molecule has 1 unspecified atom stereocenters. The summed E-state index contributed by atoms with van der Waals surface area (Å²) in [7, 11) is -1.65. The summed E-state index contributed by atoms with van der Waals surface area (Å²) < 4.78 is 25.9. The van der Waals surface area contributed by atoms with E-state index < -0.39 is 15.7 Å². The Bertz CT molecular complexity index is 1020. The van der Waals surface area contributed by atoms with Crippen LogP contribution >= 0.6 is 0 Å². The van der Waals surface area contributed by atoms with Crippen LogP contribution in [-0.4, -0.2) is 79.6 Å². The lowest BCUT2D eigenvalue weighted by atomic mass is 9.96. The molecule has 0 aliphatic carbocycles. The first-order valence-electron chi connectivity index (χ1n) is 8.91. The van der Waals surface area contributed by atoms with Crippen molar-refractivity contribution in [1.82, 2.24) is 14.1 Å². The van der Waals surface area contributed by atoms with Gasteiger partial charge in [-0.3, -0.25) is 4.79 Å². The molecule has 1 amide bonds. The van der Waals surface area contributed by atoms with Crippen LogP contribution in [0, 0.1) is 0 Å². The van der Waals surface area contributed by atoms with Gasteiger partial charge in [-0.1, -0.05) is 24.3 Å². The third-order valence-electron chi connectivity index (χ3n) is 5.54. The number of carbonyl (C=O) groups is 1. The zero-order valence-electron chi connectivity index (χ0n) is 15.4. The Morgan fingerprint density at radius 1 is 1.04 bits per heavy atom. The van der Waals surface area contributed by atoms with Crippen molar-refractivity contribution in [3.63, 3.8) is 0 Å². The van der Waals surface area contributed by atoms with Gasteiger partial charge in [0.1, 0.15) is 0 Å². The van der Waals surface area contributed by atoms with Gasteiger partial charge < -0.3 is 14.9 Å². The molecule has 0 spiro atoms. The summed E-state index contributed by atoms with van der Waals surface area (Å²) in [5.74, 6) is -0.262. The average molecular weight is 389 g/mol. The van der Waals surface area contributed by atoms with Gasteiger partial charge in [-0.15, -0.1) is 0 Å². The number of aliphatic hydroxyl groups is 1. The van der Waals surface area contributed by atoms with Crippen molar-refractivity contribution in [2.24, 2.45) is 0 Å². The molecule has 2 heterocycles. The zero-order chi connectivity index (χ0) is 19.4. The maximum atomic E-state index is 13.1. The number of β-amino-alcohol motifs (C(OH)–C–C–N with tert-alkyl or cyclic N) is 1. The second-order valence-electron chi connectivity index (χ2n) is 7.42. The summed E-state index contributed by atoms with van der Waals surface area (Å²) >= 11 is 0. The average Bonchev–Trinajstić information content (AvgIpc) is 2.84. The molecular weight excluding hydrogens is 366 g/mol. The Hall–Kier alpha value is -2.00. The molecule has 0 bridgehead atoms. The van der Waals surface area contributed by atoms with E-state index in [2.05, 4.69) is 0 Å². The lowest BCUT2D eigenvalue weighted by molar-refractivity contribution is -0.0909. The molecule has 0 aromatic heterocycles. The molecule has 8 heteroatoms. The van der Waals surface area contributed by atoms with Crippen molar-refractivity contribution >= 4 is 26.7 Å². The minimum atomic E-state index is -3.54. The number of carbonyl (C=O) groups excluding carboxylic acids is 1. The Morgan fingerprint density at radius 3 is 2.33 bits per heavy atom. The maximum Gasteiger partial charge on any atom is 0.256 e. The predicted molar refractivity (Wildman–Crippen MR) is 103 cm³/mol. The van der Waals surface area contributed by atoms with Crippen LogP contribution in [0.1, 0.15) is 15.9 Å². The number of fused-ring (bicyclic) bond motifs is 4. The second kappa shape index (κ2) is 6.27. The molecule has 1 N–H and O–H groups in total. The highest BCUT2D eigenvalue weighted by atomic mass is 32.2. The number of sulfonamides is 1. The van der Waals surface area contributed by atoms with E-state index in [0.29, 0.717) is 30.8 Å². The smallest absolute Gasteiger partial charge is 0.256 e. The second-order valence-corrected chi connectivity index (χ2v) is 9.40. The van der Waals surface area contributed by atoms with Crippen LogP contribution < -0.4 is 0 Å². The van der Waals surface area contributed by atoms with Gasteiger partial charge in [0.05, 0.1) is 12.8 Å². The first kappa shape index (κ1) is 18.4. The quantitative estimate of drug-likeness (QED) is 0.775. The van der Waals surface area contributed by atoms with Crippen molar-refractivity contribution < 1.29 is 18.3 Å². The summed E-state index contributed by atoms with van der Waals surface area (Å²) in [5.41, 5.74) is -0.762. The fourth-order valence-electron chi connectivity index (χ4n) is 3.94. The highest BCUT2D eigenvalue weighted by molar-refractivity contribution is 7.88. The SMILES string of the molecule is CN1CCN2C(=O)c3cc4ccccc4cc3C2(O)CN(S(C)(=O)=O)CC1. The molecule has 2 aromatic carbocycles. The molecule has 7 nitrogen and oxygen atoms in total. The molecule has 4 rings (SSSR count). The van der Waals surface area contributed by atoms with E-state index in [9.17, 15) is 18.3 Å². The van der Waals surface area contributed by atoms with Crippen molar-refractivity contribution in [3.8, 4) is 0 Å². The fraction of sp³-hybridized carbons (Fsp3) is 0.421. The van der Waals surface area contributed by atoms with Crippen LogP contribution in [-0.2, 0) is 15.7 Å². The van der Waals surface area contributed by atoms with Crippen LogP contribution in [0.4, 0.5) is 0 Å². The monoisotopic (exact) mass is 389 g/mol. The van der Waals surface area contributed by atoms with Gasteiger partial charge in [0, 0.05) is 37.3 Å². The molecular formula is C19H23N3O4S. The van der Waals surface area contributed by atoms with Crippen LogP contribution in [0.3, 0.4) is 0 Å². The van der Waals surface area contributed by atoms with E-state index in [1.54, 1.807) is 6.07 Å². The van der Waals surface area contributed by atoms with Gasteiger partial charge in [0.15, 0.2) is 5.72 Å². The molecule has 2 aromatic rings. The van der Waals surface area contributed by atoms with Crippen LogP contribution in [0.5, 0.6) is 0 Å². The zero-order valence-corrected chi connectivity index (χ0v) is 16.2. The maximum absolute atomic E-state index is 13.1. The first-order valence-corrected chi connectivity index (χ1v) is 10.8. The predicted octanol–water partition coefficient (Wildman–Crippen LogP) is 0.648. The molecule has 2 aliphatic rings. The highest BCUT2D eigenvalue weighted by Crippen LogP contribution is 2.40. The first-order chi connectivity index (χ1) is 12.7. The van der Waals surface area contributed by atoms with Gasteiger partial charge in [0.25, 0.3) is 5.91 Å². The third kappa shape index (κ3) is 3.02. The third-order valence-corrected chi connectivity index (χ3v) is 6.79. The summed E-state index contributed by atoms with van der Waals surface area (Å²) in [6.45, 7) is 1.52. The van der Waals surface area contributed by atoms with Crippen molar-refractivity contribution in [2.75, 3.05) is 46.0 Å². The highest BCUT2D eigenvalue weighted by Gasteiger charge is 2.50. The normalized spacial score (nSPS) is 25.0. The van der Waals surface area contributed by atoms with Gasteiger partial charge in [-0.25, -0.2) is 8.42 Å². The summed E-state index contributed by atoms with van der Waals surface area (Å²) in [4.78, 5) is 16.5. The summed E-state index contributed by atoms with van der Waals surface area (Å²) in [6, 6.07) is 11.2. The standard InChI is InChI=1S/C19H23N3O4S/c1-20-7-9-21(27(2,25)26)13-19(24)17-12-15-6-4-3-5-14(15)11-16(17)18(23)22(19)10-8-20/h3-6,11-12,24H,7-10,13H2,1-2H3. The minimum Gasteiger partial charge on any atom is -0.366 e. The number of rotatable bonds is 1. The molecule has 27 heavy (non-hydrogen) atoms.